The largest absolute Gasteiger partial charge is 0.282 e. The van der Waals surface area contributed by atoms with Gasteiger partial charge in [0.2, 0.25) is 5.95 Å². The fraction of sp³-hybridized carbons (Fsp3) is 0.0435. The van der Waals surface area contributed by atoms with Crippen molar-refractivity contribution in [2.24, 2.45) is 0 Å². The van der Waals surface area contributed by atoms with Crippen molar-refractivity contribution in [1.82, 2.24) is 14.5 Å². The molecule has 0 radical (unpaired) electrons. The lowest BCUT2D eigenvalue weighted by Crippen LogP contribution is -2.08. The number of hydrogen-bond acceptors (Lipinski definition) is 3. The number of allylic oxidation sites excluding steroid dienone is 1. The standard InChI is InChI=1S/C46H31N3S/c1-3-12-30(13-4-1)31-22-24-33(25-23-31)41-29-40(32-14-5-2-6-15-32)47-46(48-41)49-42-20-9-7-16-36(42)39-28-34(26-27-43(39)49)35-18-11-19-38-37-17-8-10-21-44(37)50-45(35)38/h1-8,10-19,21-29H,9,20H2. The summed E-state index contributed by atoms with van der Waals surface area (Å²) in [6.07, 6.45) is 6.52. The molecule has 3 nitrogen and oxygen atoms in total. The first kappa shape index (κ1) is 28.9. The summed E-state index contributed by atoms with van der Waals surface area (Å²) in [5.74, 6) is 0.703. The van der Waals surface area contributed by atoms with Crippen LogP contribution in [0.2, 0.25) is 0 Å². The third-order valence-electron chi connectivity index (χ3n) is 9.93. The summed E-state index contributed by atoms with van der Waals surface area (Å²) in [7, 11) is 0. The van der Waals surface area contributed by atoms with Crippen LogP contribution in [0.5, 0.6) is 0 Å². The molecular weight excluding hydrogens is 627 g/mol. The molecule has 0 spiro atoms. The smallest absolute Gasteiger partial charge is 0.235 e. The third kappa shape index (κ3) is 4.80. The fourth-order valence-electron chi connectivity index (χ4n) is 7.50. The quantitative estimate of drug-likeness (QED) is 0.184. The van der Waals surface area contributed by atoms with Gasteiger partial charge in [0.05, 0.1) is 16.9 Å². The maximum absolute atomic E-state index is 5.31. The normalized spacial score (nSPS) is 12.6. The summed E-state index contributed by atoms with van der Waals surface area (Å²) in [5, 5.41) is 3.87. The Morgan fingerprint density at radius 3 is 1.96 bits per heavy atom. The predicted octanol–water partition coefficient (Wildman–Crippen LogP) is 12.4. The van der Waals surface area contributed by atoms with Gasteiger partial charge in [-0.3, -0.25) is 4.57 Å². The number of thiophene rings is 1. The molecule has 3 aromatic heterocycles. The van der Waals surface area contributed by atoms with Crippen LogP contribution in [0.4, 0.5) is 0 Å². The van der Waals surface area contributed by atoms with Gasteiger partial charge >= 0.3 is 0 Å². The Morgan fingerprint density at radius 2 is 1.16 bits per heavy atom. The van der Waals surface area contributed by atoms with Crippen molar-refractivity contribution < 1.29 is 0 Å². The van der Waals surface area contributed by atoms with Gasteiger partial charge in [0.1, 0.15) is 0 Å². The number of hydrogen-bond donors (Lipinski definition) is 0. The summed E-state index contributed by atoms with van der Waals surface area (Å²) in [5.41, 5.74) is 12.5. The van der Waals surface area contributed by atoms with Crippen LogP contribution in [-0.2, 0) is 6.42 Å². The second kappa shape index (κ2) is 11.8. The van der Waals surface area contributed by atoms with Crippen molar-refractivity contribution in [2.75, 3.05) is 0 Å². The zero-order valence-corrected chi connectivity index (χ0v) is 28.1. The van der Waals surface area contributed by atoms with Crippen LogP contribution in [0.15, 0.2) is 158 Å². The van der Waals surface area contributed by atoms with Crippen molar-refractivity contribution >= 4 is 48.5 Å². The van der Waals surface area contributed by atoms with Crippen molar-refractivity contribution in [1.29, 1.82) is 0 Å². The highest BCUT2D eigenvalue weighted by Crippen LogP contribution is 2.42. The maximum atomic E-state index is 5.31. The summed E-state index contributed by atoms with van der Waals surface area (Å²) in [6.45, 7) is 0. The molecule has 1 aliphatic carbocycles. The monoisotopic (exact) mass is 657 g/mol. The van der Waals surface area contributed by atoms with Crippen LogP contribution < -0.4 is 0 Å². The van der Waals surface area contributed by atoms with Gasteiger partial charge < -0.3 is 0 Å². The average Bonchev–Trinajstić information content (AvgIpc) is 3.74. The molecule has 10 rings (SSSR count). The molecule has 236 valence electrons. The van der Waals surface area contributed by atoms with Gasteiger partial charge in [-0.15, -0.1) is 11.3 Å². The fourth-order valence-corrected chi connectivity index (χ4v) is 8.73. The van der Waals surface area contributed by atoms with Gasteiger partial charge in [-0.1, -0.05) is 140 Å². The minimum atomic E-state index is 0.703. The van der Waals surface area contributed by atoms with Gasteiger partial charge in [0.15, 0.2) is 0 Å². The topological polar surface area (TPSA) is 30.7 Å². The van der Waals surface area contributed by atoms with Crippen LogP contribution in [0.25, 0.3) is 87.9 Å². The highest BCUT2D eigenvalue weighted by atomic mass is 32.1. The molecule has 0 N–H and O–H groups in total. The van der Waals surface area contributed by atoms with Crippen molar-refractivity contribution in [2.45, 2.75) is 12.8 Å². The number of rotatable bonds is 5. The molecule has 0 atom stereocenters. The SMILES string of the molecule is C1=Cc2c(n(-c3nc(-c4ccccc4)cc(-c4ccc(-c5ccccc5)cc4)n3)c3ccc(-c4cccc5c4sc4ccccc45)cc23)CC1. The molecule has 3 heterocycles. The lowest BCUT2D eigenvalue weighted by Gasteiger charge is -2.15. The molecule has 0 bridgehead atoms. The Kier molecular flexibility index (Phi) is 6.81. The molecule has 9 aromatic rings. The zero-order chi connectivity index (χ0) is 33.0. The average molecular weight is 658 g/mol. The second-order valence-corrected chi connectivity index (χ2v) is 13.9. The Morgan fingerprint density at radius 1 is 0.520 bits per heavy atom. The zero-order valence-electron chi connectivity index (χ0n) is 27.3. The Labute approximate surface area is 294 Å². The lowest BCUT2D eigenvalue weighted by atomic mass is 9.98. The highest BCUT2D eigenvalue weighted by Gasteiger charge is 2.22. The Hall–Kier alpha value is -6.10. The van der Waals surface area contributed by atoms with E-state index in [-0.39, 0.29) is 0 Å². The van der Waals surface area contributed by atoms with Crippen LogP contribution in [0.3, 0.4) is 0 Å². The van der Waals surface area contributed by atoms with E-state index in [1.54, 1.807) is 0 Å². The minimum Gasteiger partial charge on any atom is -0.282 e. The number of aromatic nitrogens is 3. The Balaban J connectivity index is 1.16. The lowest BCUT2D eigenvalue weighted by molar-refractivity contribution is 0.848. The summed E-state index contributed by atoms with van der Waals surface area (Å²) in [6, 6.07) is 54.2. The van der Waals surface area contributed by atoms with Crippen LogP contribution in [-0.4, -0.2) is 14.5 Å². The van der Waals surface area contributed by atoms with E-state index in [4.69, 9.17) is 9.97 Å². The first-order chi connectivity index (χ1) is 24.8. The van der Waals surface area contributed by atoms with Gasteiger partial charge in [0, 0.05) is 47.9 Å². The van der Waals surface area contributed by atoms with Crippen molar-refractivity contribution in [3.8, 4) is 50.7 Å². The highest BCUT2D eigenvalue weighted by molar-refractivity contribution is 7.26. The number of benzene rings is 6. The van der Waals surface area contributed by atoms with E-state index in [1.165, 1.54) is 59.1 Å². The molecule has 0 unspecified atom stereocenters. The molecule has 6 aromatic carbocycles. The van der Waals surface area contributed by atoms with Crippen LogP contribution in [0, 0.1) is 0 Å². The van der Waals surface area contributed by atoms with E-state index >= 15 is 0 Å². The van der Waals surface area contributed by atoms with Gasteiger partial charge in [0.25, 0.3) is 0 Å². The molecule has 0 saturated heterocycles. The maximum Gasteiger partial charge on any atom is 0.235 e. The van der Waals surface area contributed by atoms with E-state index in [1.807, 2.05) is 17.4 Å². The first-order valence-electron chi connectivity index (χ1n) is 17.1. The molecule has 0 fully saturated rings. The first-order valence-corrected chi connectivity index (χ1v) is 18.0. The van der Waals surface area contributed by atoms with Crippen molar-refractivity contribution in [3.63, 3.8) is 0 Å². The van der Waals surface area contributed by atoms with E-state index in [0.29, 0.717) is 5.95 Å². The second-order valence-electron chi connectivity index (χ2n) is 12.9. The third-order valence-corrected chi connectivity index (χ3v) is 11.1. The van der Waals surface area contributed by atoms with E-state index in [2.05, 4.69) is 162 Å². The molecule has 0 aliphatic heterocycles. The van der Waals surface area contributed by atoms with Crippen molar-refractivity contribution in [3.05, 3.63) is 169 Å². The Bertz CT molecular complexity index is 2740. The minimum absolute atomic E-state index is 0.703. The summed E-state index contributed by atoms with van der Waals surface area (Å²) >= 11 is 1.88. The summed E-state index contributed by atoms with van der Waals surface area (Å²) < 4.78 is 4.97. The van der Waals surface area contributed by atoms with E-state index in [0.717, 1.165) is 40.9 Å². The summed E-state index contributed by atoms with van der Waals surface area (Å²) in [4.78, 5) is 10.6. The molecule has 0 amide bonds. The van der Waals surface area contributed by atoms with Gasteiger partial charge in [-0.2, -0.15) is 0 Å². The molecule has 0 saturated carbocycles. The molecular formula is C46H31N3S. The molecule has 4 heteroatoms. The van der Waals surface area contributed by atoms with Crippen LogP contribution in [0.1, 0.15) is 17.7 Å². The molecule has 50 heavy (non-hydrogen) atoms. The molecule has 1 aliphatic rings. The van der Waals surface area contributed by atoms with E-state index in [9.17, 15) is 0 Å². The van der Waals surface area contributed by atoms with Crippen LogP contribution >= 0.6 is 11.3 Å². The number of nitrogens with zero attached hydrogens (tertiary/aromatic N) is 3. The van der Waals surface area contributed by atoms with E-state index < -0.39 is 0 Å². The number of fused-ring (bicyclic) bond motifs is 6. The van der Waals surface area contributed by atoms with Gasteiger partial charge in [-0.25, -0.2) is 9.97 Å². The van der Waals surface area contributed by atoms with Gasteiger partial charge in [-0.05, 0) is 59.4 Å². The predicted molar refractivity (Wildman–Crippen MR) is 211 cm³/mol.